The summed E-state index contributed by atoms with van der Waals surface area (Å²) in [4.78, 5) is 31.3. The highest BCUT2D eigenvalue weighted by Crippen LogP contribution is 2.25. The van der Waals surface area contributed by atoms with E-state index in [0.29, 0.717) is 31.4 Å². The molecule has 0 atom stereocenters. The van der Waals surface area contributed by atoms with Crippen LogP contribution in [0.1, 0.15) is 24.8 Å². The van der Waals surface area contributed by atoms with Gasteiger partial charge in [-0.05, 0) is 30.7 Å². The van der Waals surface area contributed by atoms with Crippen molar-refractivity contribution < 1.29 is 28.9 Å². The number of amides is 1. The zero-order chi connectivity index (χ0) is 18.2. The fraction of sp³-hybridized carbons (Fsp3) is 0.429. The van der Waals surface area contributed by atoms with E-state index in [-0.39, 0.29) is 17.2 Å². The minimum absolute atomic E-state index is 0.109. The highest BCUT2D eigenvalue weighted by atomic mass is 32.3. The summed E-state index contributed by atoms with van der Waals surface area (Å²) in [6.45, 7) is 0.291. The number of carboxylic acid groups (broad SMARTS) is 1. The second kappa shape index (κ2) is 9.08. The van der Waals surface area contributed by atoms with Crippen LogP contribution in [0.3, 0.4) is 0 Å². The lowest BCUT2D eigenvalue weighted by molar-refractivity contribution is -0.385. The molecule has 24 heavy (non-hydrogen) atoms. The van der Waals surface area contributed by atoms with Gasteiger partial charge in [0.1, 0.15) is 12.0 Å². The molecule has 1 aromatic rings. The molecule has 1 aromatic carbocycles. The lowest BCUT2D eigenvalue weighted by Gasteiger charge is -2.17. The maximum Gasteiger partial charge on any atom is 0.437 e. The standard InChI is InChI=1S/C14H20N2O7S/c1-24(22,15-14(18)19)10-11-7-12(16(20)21)9-13(8-11)23-6-4-2-3-5-17/h5,7-9,24H,2-4,6,10H2,1H3,(H,15,22)(H,18,19). The molecule has 0 heterocycles. The number of hydrogen-bond donors (Lipinski definition) is 3. The highest BCUT2D eigenvalue weighted by molar-refractivity contribution is 7.98. The number of non-ortho nitro benzene ring substituents is 1. The van der Waals surface area contributed by atoms with Crippen molar-refractivity contribution in [1.29, 1.82) is 0 Å². The van der Waals surface area contributed by atoms with E-state index in [9.17, 15) is 24.3 Å². The molecule has 0 aromatic heterocycles. The van der Waals surface area contributed by atoms with E-state index in [2.05, 4.69) is 4.36 Å². The SMILES string of the molecule is C[SH](O)(Cc1cc(OCCCCC=O)cc([N+](=O)[O-])c1)=NC(=O)O. The highest BCUT2D eigenvalue weighted by Gasteiger charge is 2.14. The van der Waals surface area contributed by atoms with Crippen LogP contribution in [0.5, 0.6) is 5.75 Å². The molecular weight excluding hydrogens is 340 g/mol. The van der Waals surface area contributed by atoms with E-state index in [1.54, 1.807) is 0 Å². The molecule has 0 spiro atoms. The summed E-state index contributed by atoms with van der Waals surface area (Å²) in [5.74, 6) is 0.142. The molecule has 0 radical (unpaired) electrons. The van der Waals surface area contributed by atoms with E-state index in [1.807, 2.05) is 0 Å². The van der Waals surface area contributed by atoms with Crippen LogP contribution in [-0.2, 0) is 20.7 Å². The topological polar surface area (TPSA) is 139 Å². The van der Waals surface area contributed by atoms with Gasteiger partial charge >= 0.3 is 6.09 Å². The predicted molar refractivity (Wildman–Crippen MR) is 90.0 cm³/mol. The number of hydrogen-bond acceptors (Lipinski definition) is 5. The van der Waals surface area contributed by atoms with Gasteiger partial charge in [-0.1, -0.05) is 10.1 Å². The fourth-order valence-corrected chi connectivity index (χ4v) is 3.32. The van der Waals surface area contributed by atoms with Crippen LogP contribution in [0.4, 0.5) is 10.5 Å². The quantitative estimate of drug-likeness (QED) is 0.202. The van der Waals surface area contributed by atoms with E-state index in [0.717, 1.165) is 6.29 Å². The van der Waals surface area contributed by atoms with Crippen molar-refractivity contribution in [2.24, 2.45) is 4.36 Å². The second-order valence-corrected chi connectivity index (χ2v) is 7.93. The number of nitrogens with zero attached hydrogens (tertiary/aromatic N) is 2. The molecule has 9 nitrogen and oxygen atoms in total. The molecule has 134 valence electrons. The van der Waals surface area contributed by atoms with Crippen LogP contribution in [0.2, 0.25) is 0 Å². The Balaban J connectivity index is 2.94. The smallest absolute Gasteiger partial charge is 0.437 e. The monoisotopic (exact) mass is 360 g/mol. The first-order valence-electron chi connectivity index (χ1n) is 7.13. The number of thiol groups is 1. The summed E-state index contributed by atoms with van der Waals surface area (Å²) in [6, 6.07) is 4.02. The van der Waals surface area contributed by atoms with E-state index < -0.39 is 21.1 Å². The Kier molecular flexibility index (Phi) is 7.46. The molecule has 10 heteroatoms. The number of carbonyl (C=O) groups is 2. The van der Waals surface area contributed by atoms with Crippen LogP contribution in [0.25, 0.3) is 0 Å². The van der Waals surface area contributed by atoms with Crippen molar-refractivity contribution >= 4 is 28.2 Å². The molecule has 0 bridgehead atoms. The third kappa shape index (κ3) is 7.29. The minimum atomic E-state index is -3.12. The van der Waals surface area contributed by atoms with Crippen molar-refractivity contribution in [2.45, 2.75) is 25.0 Å². The molecule has 0 saturated carbocycles. The summed E-state index contributed by atoms with van der Waals surface area (Å²) in [7, 11) is -3.12. The van der Waals surface area contributed by atoms with Crippen LogP contribution < -0.4 is 4.74 Å². The molecule has 1 rings (SSSR count). The third-order valence-corrected chi connectivity index (χ3v) is 4.50. The van der Waals surface area contributed by atoms with Gasteiger partial charge in [-0.25, -0.2) is 4.79 Å². The van der Waals surface area contributed by atoms with E-state index in [1.165, 1.54) is 24.5 Å². The maximum absolute atomic E-state index is 11.0. The largest absolute Gasteiger partial charge is 0.493 e. The lowest BCUT2D eigenvalue weighted by Crippen LogP contribution is -2.13. The summed E-state index contributed by atoms with van der Waals surface area (Å²) in [6.07, 6.45) is 2.33. The van der Waals surface area contributed by atoms with Crippen LogP contribution in [0, 0.1) is 10.1 Å². The van der Waals surface area contributed by atoms with E-state index in [4.69, 9.17) is 9.84 Å². The zero-order valence-corrected chi connectivity index (χ0v) is 14.0. The average molecular weight is 360 g/mol. The molecule has 0 saturated heterocycles. The zero-order valence-electron chi connectivity index (χ0n) is 13.1. The van der Waals surface area contributed by atoms with Crippen LogP contribution in [-0.4, -0.2) is 39.8 Å². The van der Waals surface area contributed by atoms with Gasteiger partial charge in [0.2, 0.25) is 0 Å². The number of ether oxygens (including phenoxy) is 1. The number of carbonyl (C=O) groups excluding carboxylic acids is 1. The van der Waals surface area contributed by atoms with Crippen molar-refractivity contribution in [2.75, 3.05) is 12.9 Å². The van der Waals surface area contributed by atoms with Crippen molar-refractivity contribution in [3.63, 3.8) is 0 Å². The number of rotatable bonds is 9. The van der Waals surface area contributed by atoms with Gasteiger partial charge in [0.05, 0.1) is 17.6 Å². The first kappa shape index (κ1) is 19.7. The van der Waals surface area contributed by atoms with Gasteiger partial charge in [0, 0.05) is 18.2 Å². The van der Waals surface area contributed by atoms with Gasteiger partial charge in [-0.15, -0.1) is 0 Å². The summed E-state index contributed by atoms with van der Waals surface area (Å²) in [5, 5.41) is 19.7. The fourth-order valence-electron chi connectivity index (χ4n) is 2.01. The predicted octanol–water partition coefficient (Wildman–Crippen LogP) is 2.69. The Morgan fingerprint density at radius 3 is 2.71 bits per heavy atom. The molecule has 0 aliphatic rings. The van der Waals surface area contributed by atoms with Crippen molar-refractivity contribution in [3.05, 3.63) is 33.9 Å². The van der Waals surface area contributed by atoms with Crippen LogP contribution >= 0.6 is 0 Å². The molecule has 0 unspecified atom stereocenters. The molecular formula is C14H20N2O7S. The maximum atomic E-state index is 11.0. The normalized spacial score (nSPS) is 11.6. The summed E-state index contributed by atoms with van der Waals surface area (Å²) < 4.78 is 18.7. The molecule has 2 N–H and O–H groups in total. The summed E-state index contributed by atoms with van der Waals surface area (Å²) in [5.41, 5.74) is 0.154. The molecule has 0 fully saturated rings. The van der Waals surface area contributed by atoms with Gasteiger partial charge in [-0.2, -0.15) is 4.36 Å². The van der Waals surface area contributed by atoms with E-state index >= 15 is 0 Å². The minimum Gasteiger partial charge on any atom is -0.493 e. The Bertz CT molecular complexity index is 669. The lowest BCUT2D eigenvalue weighted by atomic mass is 10.2. The Morgan fingerprint density at radius 1 is 1.42 bits per heavy atom. The first-order chi connectivity index (χ1) is 11.2. The first-order valence-corrected chi connectivity index (χ1v) is 9.45. The Labute approximate surface area is 139 Å². The second-order valence-electron chi connectivity index (χ2n) is 5.23. The van der Waals surface area contributed by atoms with Gasteiger partial charge in [0.15, 0.2) is 0 Å². The number of benzene rings is 1. The van der Waals surface area contributed by atoms with Gasteiger partial charge in [0.25, 0.3) is 5.69 Å². The molecule has 0 aliphatic heterocycles. The Hall–Kier alpha value is -2.33. The summed E-state index contributed by atoms with van der Waals surface area (Å²) >= 11 is 0. The average Bonchev–Trinajstić information content (AvgIpc) is 2.44. The van der Waals surface area contributed by atoms with Crippen molar-refractivity contribution in [1.82, 2.24) is 0 Å². The number of nitro groups is 1. The third-order valence-electron chi connectivity index (χ3n) is 2.93. The number of aldehydes is 1. The molecule has 1 amide bonds. The van der Waals surface area contributed by atoms with Crippen molar-refractivity contribution in [3.8, 4) is 5.75 Å². The van der Waals surface area contributed by atoms with Crippen LogP contribution in [0.15, 0.2) is 22.6 Å². The Morgan fingerprint density at radius 2 is 2.12 bits per heavy atom. The molecule has 0 aliphatic carbocycles. The van der Waals surface area contributed by atoms with Gasteiger partial charge in [-0.3, -0.25) is 10.1 Å². The number of nitro benzene ring substituents is 1. The number of unbranched alkanes of at least 4 members (excludes halogenated alkanes) is 2. The van der Waals surface area contributed by atoms with Gasteiger partial charge < -0.3 is 19.2 Å².